The Morgan fingerprint density at radius 2 is 2.06 bits per heavy atom. The van der Waals surface area contributed by atoms with E-state index < -0.39 is 0 Å². The van der Waals surface area contributed by atoms with Crippen molar-refractivity contribution in [3.8, 4) is 5.75 Å². The fraction of sp³-hybridized carbons (Fsp3) is 0.533. The number of para-hydroxylation sites is 1. The highest BCUT2D eigenvalue weighted by Gasteiger charge is 2.39. The van der Waals surface area contributed by atoms with Crippen molar-refractivity contribution in [3.05, 3.63) is 30.3 Å². The summed E-state index contributed by atoms with van der Waals surface area (Å²) in [6.07, 6.45) is 5.12. The molecular formula is C15H19NO2. The average Bonchev–Trinajstić information content (AvgIpc) is 3.00. The highest BCUT2D eigenvalue weighted by molar-refractivity contribution is 5.77. The van der Waals surface area contributed by atoms with Crippen LogP contribution in [-0.4, -0.2) is 18.6 Å². The van der Waals surface area contributed by atoms with Crippen LogP contribution in [0.5, 0.6) is 5.75 Å². The van der Waals surface area contributed by atoms with Gasteiger partial charge in [0.15, 0.2) is 6.61 Å². The van der Waals surface area contributed by atoms with Crippen LogP contribution < -0.4 is 10.1 Å². The van der Waals surface area contributed by atoms with E-state index in [-0.39, 0.29) is 12.5 Å². The number of carbonyl (C=O) groups is 1. The molecule has 18 heavy (non-hydrogen) atoms. The number of nitrogens with one attached hydrogen (secondary N) is 1. The SMILES string of the molecule is O=C(COc1ccccc1)N[C@@H]1C[C@H]2CC[C@@H]1C2. The molecule has 3 rings (SSSR count). The van der Waals surface area contributed by atoms with Crippen molar-refractivity contribution in [2.24, 2.45) is 11.8 Å². The third-order valence-electron chi connectivity index (χ3n) is 4.20. The number of hydrogen-bond acceptors (Lipinski definition) is 2. The average molecular weight is 245 g/mol. The minimum atomic E-state index is 0.0106. The molecule has 2 aliphatic carbocycles. The van der Waals surface area contributed by atoms with E-state index in [2.05, 4.69) is 5.32 Å². The lowest BCUT2D eigenvalue weighted by molar-refractivity contribution is -0.124. The van der Waals surface area contributed by atoms with Gasteiger partial charge in [-0.15, -0.1) is 0 Å². The summed E-state index contributed by atoms with van der Waals surface area (Å²) in [6.45, 7) is 0.123. The summed E-state index contributed by atoms with van der Waals surface area (Å²) in [6, 6.07) is 9.88. The van der Waals surface area contributed by atoms with Gasteiger partial charge < -0.3 is 10.1 Å². The molecule has 0 radical (unpaired) electrons. The highest BCUT2D eigenvalue weighted by atomic mass is 16.5. The Hall–Kier alpha value is -1.51. The number of fused-ring (bicyclic) bond motifs is 2. The smallest absolute Gasteiger partial charge is 0.258 e. The molecule has 1 amide bonds. The molecule has 96 valence electrons. The molecule has 0 aliphatic heterocycles. The lowest BCUT2D eigenvalue weighted by Gasteiger charge is -2.22. The molecule has 0 aromatic heterocycles. The van der Waals surface area contributed by atoms with Gasteiger partial charge in [-0.1, -0.05) is 24.6 Å². The fourth-order valence-corrected chi connectivity index (χ4v) is 3.34. The molecule has 2 saturated carbocycles. The van der Waals surface area contributed by atoms with Crippen molar-refractivity contribution in [2.75, 3.05) is 6.61 Å². The number of benzene rings is 1. The zero-order valence-corrected chi connectivity index (χ0v) is 10.5. The van der Waals surface area contributed by atoms with Gasteiger partial charge in [0.05, 0.1) is 0 Å². The Kier molecular flexibility index (Phi) is 3.22. The summed E-state index contributed by atoms with van der Waals surface area (Å²) in [4.78, 5) is 11.8. The van der Waals surface area contributed by atoms with Gasteiger partial charge in [-0.05, 0) is 43.2 Å². The van der Waals surface area contributed by atoms with Crippen LogP contribution in [-0.2, 0) is 4.79 Å². The van der Waals surface area contributed by atoms with Crippen LogP contribution in [0.15, 0.2) is 30.3 Å². The second-order valence-electron chi connectivity index (χ2n) is 5.45. The largest absolute Gasteiger partial charge is 0.484 e. The predicted molar refractivity (Wildman–Crippen MR) is 69.3 cm³/mol. The predicted octanol–water partition coefficient (Wildman–Crippen LogP) is 2.37. The number of ether oxygens (including phenoxy) is 1. The summed E-state index contributed by atoms with van der Waals surface area (Å²) >= 11 is 0. The molecule has 0 saturated heterocycles. The van der Waals surface area contributed by atoms with E-state index in [9.17, 15) is 4.79 Å². The first-order chi connectivity index (χ1) is 8.81. The van der Waals surface area contributed by atoms with E-state index in [1.807, 2.05) is 30.3 Å². The standard InChI is InChI=1S/C15H19NO2/c17-15(10-18-13-4-2-1-3-5-13)16-14-9-11-6-7-12(14)8-11/h1-5,11-12,14H,6-10H2,(H,16,17)/t11-,12+,14+/m0/s1. The number of amides is 1. The lowest BCUT2D eigenvalue weighted by atomic mass is 9.95. The molecule has 3 atom stereocenters. The number of carbonyl (C=O) groups excluding carboxylic acids is 1. The maximum absolute atomic E-state index is 11.8. The van der Waals surface area contributed by atoms with Gasteiger partial charge in [0.1, 0.15) is 5.75 Å². The lowest BCUT2D eigenvalue weighted by Crippen LogP contribution is -2.40. The molecule has 2 bridgehead atoms. The van der Waals surface area contributed by atoms with Gasteiger partial charge >= 0.3 is 0 Å². The zero-order chi connectivity index (χ0) is 12.4. The van der Waals surface area contributed by atoms with E-state index in [0.717, 1.165) is 17.6 Å². The van der Waals surface area contributed by atoms with Crippen molar-refractivity contribution >= 4 is 5.91 Å². The Balaban J connectivity index is 1.45. The molecule has 0 spiro atoms. The van der Waals surface area contributed by atoms with E-state index in [1.165, 1.54) is 25.7 Å². The molecule has 3 nitrogen and oxygen atoms in total. The summed E-state index contributed by atoms with van der Waals surface area (Å²) in [5, 5.41) is 3.12. The van der Waals surface area contributed by atoms with Gasteiger partial charge in [-0.3, -0.25) is 4.79 Å². The molecule has 3 heteroatoms. The Morgan fingerprint density at radius 3 is 2.72 bits per heavy atom. The maximum Gasteiger partial charge on any atom is 0.258 e. The van der Waals surface area contributed by atoms with E-state index in [4.69, 9.17) is 4.74 Å². The van der Waals surface area contributed by atoms with Crippen LogP contribution in [0.2, 0.25) is 0 Å². The van der Waals surface area contributed by atoms with E-state index in [0.29, 0.717) is 6.04 Å². The van der Waals surface area contributed by atoms with Crippen LogP contribution in [0.4, 0.5) is 0 Å². The third kappa shape index (κ3) is 2.50. The van der Waals surface area contributed by atoms with Crippen molar-refractivity contribution in [2.45, 2.75) is 31.7 Å². The molecule has 2 fully saturated rings. The van der Waals surface area contributed by atoms with E-state index in [1.54, 1.807) is 0 Å². The van der Waals surface area contributed by atoms with Crippen molar-refractivity contribution < 1.29 is 9.53 Å². The molecule has 0 unspecified atom stereocenters. The van der Waals surface area contributed by atoms with Crippen molar-refractivity contribution in [1.82, 2.24) is 5.32 Å². The first-order valence-corrected chi connectivity index (χ1v) is 6.78. The zero-order valence-electron chi connectivity index (χ0n) is 10.5. The van der Waals surface area contributed by atoms with Crippen LogP contribution >= 0.6 is 0 Å². The van der Waals surface area contributed by atoms with Gasteiger partial charge in [-0.25, -0.2) is 0 Å². The minimum absolute atomic E-state index is 0.0106. The number of rotatable bonds is 4. The van der Waals surface area contributed by atoms with Crippen LogP contribution in [0.3, 0.4) is 0 Å². The third-order valence-corrected chi connectivity index (χ3v) is 4.20. The van der Waals surface area contributed by atoms with Crippen molar-refractivity contribution in [1.29, 1.82) is 0 Å². The van der Waals surface area contributed by atoms with Crippen LogP contribution in [0, 0.1) is 11.8 Å². The van der Waals surface area contributed by atoms with Gasteiger partial charge in [0, 0.05) is 6.04 Å². The fourth-order valence-electron chi connectivity index (χ4n) is 3.34. The van der Waals surface area contributed by atoms with Gasteiger partial charge in [0.25, 0.3) is 5.91 Å². The van der Waals surface area contributed by atoms with Gasteiger partial charge in [0.2, 0.25) is 0 Å². The molecule has 1 N–H and O–H groups in total. The summed E-state index contributed by atoms with van der Waals surface area (Å²) in [7, 11) is 0. The van der Waals surface area contributed by atoms with E-state index >= 15 is 0 Å². The Labute approximate surface area is 108 Å². The molecule has 2 aliphatic rings. The molecular weight excluding hydrogens is 226 g/mol. The summed E-state index contributed by atoms with van der Waals surface area (Å²) in [5.41, 5.74) is 0. The Morgan fingerprint density at radius 1 is 1.22 bits per heavy atom. The quantitative estimate of drug-likeness (QED) is 0.884. The number of hydrogen-bond donors (Lipinski definition) is 1. The summed E-state index contributed by atoms with van der Waals surface area (Å²) < 4.78 is 5.45. The van der Waals surface area contributed by atoms with Crippen LogP contribution in [0.25, 0.3) is 0 Å². The molecule has 1 aromatic rings. The highest BCUT2D eigenvalue weighted by Crippen LogP contribution is 2.44. The van der Waals surface area contributed by atoms with Crippen LogP contribution in [0.1, 0.15) is 25.7 Å². The second kappa shape index (κ2) is 5.01. The monoisotopic (exact) mass is 245 g/mol. The van der Waals surface area contributed by atoms with Gasteiger partial charge in [-0.2, -0.15) is 0 Å². The maximum atomic E-state index is 11.8. The Bertz CT molecular complexity index is 418. The first-order valence-electron chi connectivity index (χ1n) is 6.78. The second-order valence-corrected chi connectivity index (χ2v) is 5.45. The van der Waals surface area contributed by atoms with Crippen molar-refractivity contribution in [3.63, 3.8) is 0 Å². The topological polar surface area (TPSA) is 38.3 Å². The minimum Gasteiger partial charge on any atom is -0.484 e. The normalized spacial score (nSPS) is 29.2. The molecule has 0 heterocycles. The first kappa shape index (κ1) is 11.6. The molecule has 1 aromatic carbocycles. The summed E-state index contributed by atoms with van der Waals surface area (Å²) in [5.74, 6) is 2.34.